The van der Waals surface area contributed by atoms with E-state index in [1.807, 2.05) is 55.4 Å². The number of ether oxygens (including phenoxy) is 1. The first-order chi connectivity index (χ1) is 16.8. The van der Waals surface area contributed by atoms with Gasteiger partial charge in [0.2, 0.25) is 5.88 Å². The van der Waals surface area contributed by atoms with Gasteiger partial charge in [-0.15, -0.1) is 0 Å². The average molecular weight is 497 g/mol. The SMILES string of the molecule is CN(C)c1ccc2c(Oc3ccc4nc(NCc5ccc(C(F)(F)F)nc5)sc4c3)ncnc2c1. The van der Waals surface area contributed by atoms with Crippen LogP contribution in [0.2, 0.25) is 0 Å². The molecule has 0 bridgehead atoms. The molecule has 35 heavy (non-hydrogen) atoms. The van der Waals surface area contributed by atoms with E-state index in [-0.39, 0.29) is 0 Å². The van der Waals surface area contributed by atoms with Crippen molar-refractivity contribution in [3.05, 3.63) is 72.3 Å². The zero-order valence-electron chi connectivity index (χ0n) is 18.7. The van der Waals surface area contributed by atoms with Gasteiger partial charge in [0.1, 0.15) is 17.8 Å². The molecule has 7 nitrogen and oxygen atoms in total. The molecule has 0 aliphatic rings. The average Bonchev–Trinajstić information content (AvgIpc) is 3.24. The van der Waals surface area contributed by atoms with Gasteiger partial charge in [-0.25, -0.2) is 15.0 Å². The Kier molecular flexibility index (Phi) is 5.85. The van der Waals surface area contributed by atoms with Crippen molar-refractivity contribution < 1.29 is 17.9 Å². The number of anilines is 2. The molecule has 11 heteroatoms. The third kappa shape index (κ3) is 4.94. The van der Waals surface area contributed by atoms with Crippen LogP contribution >= 0.6 is 11.3 Å². The Morgan fingerprint density at radius 2 is 1.83 bits per heavy atom. The lowest BCUT2D eigenvalue weighted by Crippen LogP contribution is -2.08. The minimum absolute atomic E-state index is 0.302. The van der Waals surface area contributed by atoms with Crippen LogP contribution in [0.4, 0.5) is 24.0 Å². The van der Waals surface area contributed by atoms with Gasteiger partial charge in [-0.3, -0.25) is 4.98 Å². The minimum atomic E-state index is -4.45. The molecule has 1 N–H and O–H groups in total. The van der Waals surface area contributed by atoms with Crippen LogP contribution in [0, 0.1) is 0 Å². The summed E-state index contributed by atoms with van der Waals surface area (Å²) in [5.41, 5.74) is 2.29. The van der Waals surface area contributed by atoms with Gasteiger partial charge in [0.15, 0.2) is 5.13 Å². The number of halogens is 3. The number of aromatic nitrogens is 4. The van der Waals surface area contributed by atoms with Crippen molar-refractivity contribution in [2.45, 2.75) is 12.7 Å². The van der Waals surface area contributed by atoms with Crippen LogP contribution in [0.15, 0.2) is 61.1 Å². The number of nitrogens with one attached hydrogen (secondary N) is 1. The van der Waals surface area contributed by atoms with Crippen LogP contribution in [0.5, 0.6) is 11.6 Å². The van der Waals surface area contributed by atoms with E-state index in [0.717, 1.165) is 32.9 Å². The number of benzene rings is 2. The second kappa shape index (κ2) is 8.99. The van der Waals surface area contributed by atoms with Gasteiger partial charge >= 0.3 is 6.18 Å². The molecule has 0 spiro atoms. The summed E-state index contributed by atoms with van der Waals surface area (Å²) in [4.78, 5) is 18.7. The van der Waals surface area contributed by atoms with Crippen molar-refractivity contribution >= 4 is 43.3 Å². The summed E-state index contributed by atoms with van der Waals surface area (Å²) < 4.78 is 45.0. The number of thiazole rings is 1. The normalized spacial score (nSPS) is 11.7. The van der Waals surface area contributed by atoms with Crippen LogP contribution in [0.25, 0.3) is 21.1 Å². The van der Waals surface area contributed by atoms with Crippen molar-refractivity contribution in [1.29, 1.82) is 0 Å². The predicted octanol–water partition coefficient (Wildman–Crippen LogP) is 6.12. The lowest BCUT2D eigenvalue weighted by Gasteiger charge is -2.13. The molecule has 3 aromatic heterocycles. The highest BCUT2D eigenvalue weighted by molar-refractivity contribution is 7.22. The first-order valence-electron chi connectivity index (χ1n) is 10.5. The molecule has 0 saturated carbocycles. The summed E-state index contributed by atoms with van der Waals surface area (Å²) in [5.74, 6) is 1.06. The second-order valence-corrected chi connectivity index (χ2v) is 8.96. The smallest absolute Gasteiger partial charge is 0.433 e. The third-order valence-electron chi connectivity index (χ3n) is 5.23. The van der Waals surface area contributed by atoms with E-state index in [1.54, 1.807) is 0 Å². The van der Waals surface area contributed by atoms with Crippen molar-refractivity contribution in [3.8, 4) is 11.6 Å². The molecule has 0 unspecified atom stereocenters. The van der Waals surface area contributed by atoms with E-state index >= 15 is 0 Å². The molecule has 0 aliphatic carbocycles. The molecule has 5 rings (SSSR count). The van der Waals surface area contributed by atoms with Crippen LogP contribution in [-0.4, -0.2) is 34.0 Å². The van der Waals surface area contributed by atoms with Gasteiger partial charge < -0.3 is 15.0 Å². The number of pyridine rings is 1. The third-order valence-corrected chi connectivity index (χ3v) is 6.21. The van der Waals surface area contributed by atoms with Crippen molar-refractivity contribution in [2.75, 3.05) is 24.3 Å². The molecular weight excluding hydrogens is 477 g/mol. The number of alkyl halides is 3. The van der Waals surface area contributed by atoms with Gasteiger partial charge in [-0.05, 0) is 42.0 Å². The highest BCUT2D eigenvalue weighted by Crippen LogP contribution is 2.33. The Morgan fingerprint density at radius 1 is 0.971 bits per heavy atom. The molecule has 2 aromatic carbocycles. The molecule has 0 saturated heterocycles. The topological polar surface area (TPSA) is 76.1 Å². The summed E-state index contributed by atoms with van der Waals surface area (Å²) in [6.07, 6.45) is -1.77. The largest absolute Gasteiger partial charge is 0.438 e. The molecule has 0 atom stereocenters. The molecule has 0 aliphatic heterocycles. The quantitative estimate of drug-likeness (QED) is 0.303. The summed E-state index contributed by atoms with van der Waals surface area (Å²) in [5, 5.41) is 4.58. The van der Waals surface area contributed by atoms with E-state index < -0.39 is 11.9 Å². The van der Waals surface area contributed by atoms with Gasteiger partial charge in [0, 0.05) is 38.6 Å². The molecule has 0 amide bonds. The van der Waals surface area contributed by atoms with E-state index in [0.29, 0.717) is 28.9 Å². The number of nitrogens with zero attached hydrogens (tertiary/aromatic N) is 5. The Hall–Kier alpha value is -3.99. The van der Waals surface area contributed by atoms with Crippen molar-refractivity contribution in [1.82, 2.24) is 19.9 Å². The van der Waals surface area contributed by atoms with Crippen LogP contribution < -0.4 is 15.0 Å². The maximum atomic E-state index is 12.7. The van der Waals surface area contributed by atoms with E-state index in [9.17, 15) is 13.2 Å². The van der Waals surface area contributed by atoms with Crippen molar-refractivity contribution in [2.24, 2.45) is 0 Å². The zero-order valence-corrected chi connectivity index (χ0v) is 19.5. The molecule has 0 fully saturated rings. The Labute approximate surface area is 202 Å². The summed E-state index contributed by atoms with van der Waals surface area (Å²) in [6, 6.07) is 13.8. The molecule has 0 radical (unpaired) electrons. The first-order valence-corrected chi connectivity index (χ1v) is 11.3. The molecule has 178 valence electrons. The highest BCUT2D eigenvalue weighted by Gasteiger charge is 2.31. The fraction of sp³-hybridized carbons (Fsp3) is 0.167. The Bertz CT molecular complexity index is 1500. The summed E-state index contributed by atoms with van der Waals surface area (Å²) >= 11 is 1.42. The van der Waals surface area contributed by atoms with Gasteiger partial charge in [0.25, 0.3) is 0 Å². The van der Waals surface area contributed by atoms with Crippen LogP contribution in [0.3, 0.4) is 0 Å². The number of hydrogen-bond donors (Lipinski definition) is 1. The van der Waals surface area contributed by atoms with Gasteiger partial charge in [-0.2, -0.15) is 13.2 Å². The van der Waals surface area contributed by atoms with Crippen LogP contribution in [0.1, 0.15) is 11.3 Å². The van der Waals surface area contributed by atoms with Gasteiger partial charge in [0.05, 0.1) is 21.1 Å². The summed E-state index contributed by atoms with van der Waals surface area (Å²) in [7, 11) is 3.93. The number of hydrogen-bond acceptors (Lipinski definition) is 8. The first kappa shape index (κ1) is 22.8. The maximum absolute atomic E-state index is 12.7. The standard InChI is InChI=1S/C24H19F3N6OS/c1-33(2)15-4-6-17-19(9-15)30-13-31-22(17)34-16-5-7-18-20(10-16)35-23(32-18)29-12-14-3-8-21(28-11-14)24(25,26)27/h3-11,13H,12H2,1-2H3,(H,29,32). The second-order valence-electron chi connectivity index (χ2n) is 7.93. The molecule has 3 heterocycles. The van der Waals surface area contributed by atoms with E-state index in [4.69, 9.17) is 4.74 Å². The number of rotatable bonds is 6. The lowest BCUT2D eigenvalue weighted by molar-refractivity contribution is -0.141. The molecular formula is C24H19F3N6OS. The fourth-order valence-corrected chi connectivity index (χ4v) is 4.30. The Morgan fingerprint density at radius 3 is 2.57 bits per heavy atom. The number of fused-ring (bicyclic) bond motifs is 2. The predicted molar refractivity (Wildman–Crippen MR) is 130 cm³/mol. The Balaban J connectivity index is 1.32. The maximum Gasteiger partial charge on any atom is 0.433 e. The van der Waals surface area contributed by atoms with Crippen LogP contribution in [-0.2, 0) is 12.7 Å². The fourth-order valence-electron chi connectivity index (χ4n) is 3.41. The van der Waals surface area contributed by atoms with E-state index in [2.05, 4.69) is 25.3 Å². The highest BCUT2D eigenvalue weighted by atomic mass is 32.1. The minimum Gasteiger partial charge on any atom is -0.438 e. The molecule has 5 aromatic rings. The monoisotopic (exact) mass is 496 g/mol. The lowest BCUT2D eigenvalue weighted by atomic mass is 10.2. The summed E-state index contributed by atoms with van der Waals surface area (Å²) in [6.45, 7) is 0.302. The van der Waals surface area contributed by atoms with E-state index in [1.165, 1.54) is 29.9 Å². The van der Waals surface area contributed by atoms with Crippen molar-refractivity contribution in [3.63, 3.8) is 0 Å². The van der Waals surface area contributed by atoms with Gasteiger partial charge in [-0.1, -0.05) is 17.4 Å². The zero-order chi connectivity index (χ0) is 24.6.